The molecule has 0 N–H and O–H groups in total. The Balaban J connectivity index is 1.70. The summed E-state index contributed by atoms with van der Waals surface area (Å²) in [7, 11) is 0. The average Bonchev–Trinajstić information content (AvgIpc) is 2.98. The van der Waals surface area contributed by atoms with Gasteiger partial charge in [0.05, 0.1) is 30.8 Å². The topological polar surface area (TPSA) is 84.2 Å². The molecule has 0 spiro atoms. The molecule has 2 heterocycles. The molecule has 1 aliphatic heterocycles. The number of aryl methyl sites for hydroxylation is 1. The van der Waals surface area contributed by atoms with Gasteiger partial charge in [0.25, 0.3) is 0 Å². The second kappa shape index (κ2) is 8.71. The van der Waals surface area contributed by atoms with E-state index in [-0.39, 0.29) is 12.0 Å². The van der Waals surface area contributed by atoms with Crippen molar-refractivity contribution in [1.82, 2.24) is 0 Å². The number of hydrogen-bond acceptors (Lipinski definition) is 7. The Morgan fingerprint density at radius 3 is 2.65 bits per heavy atom. The van der Waals surface area contributed by atoms with Crippen molar-refractivity contribution in [3.8, 4) is 28.4 Å². The second-order valence-electron chi connectivity index (χ2n) is 7.24. The van der Waals surface area contributed by atoms with Crippen LogP contribution in [0.15, 0.2) is 45.6 Å². The molecular weight excluding hydrogens is 400 g/mol. The van der Waals surface area contributed by atoms with Crippen molar-refractivity contribution in [3.05, 3.63) is 52.4 Å². The summed E-state index contributed by atoms with van der Waals surface area (Å²) in [6.45, 7) is 6.53. The highest BCUT2D eigenvalue weighted by atomic mass is 16.6. The van der Waals surface area contributed by atoms with Gasteiger partial charge in [-0.3, -0.25) is 4.79 Å². The third-order valence-corrected chi connectivity index (χ3v) is 5.01. The highest BCUT2D eigenvalue weighted by Gasteiger charge is 2.19. The van der Waals surface area contributed by atoms with Crippen molar-refractivity contribution in [2.75, 3.05) is 19.8 Å². The fourth-order valence-electron chi connectivity index (χ4n) is 3.52. The maximum Gasteiger partial charge on any atom is 0.347 e. The van der Waals surface area contributed by atoms with Crippen LogP contribution in [-0.4, -0.2) is 31.9 Å². The quantitative estimate of drug-likeness (QED) is 0.566. The molecule has 162 valence electrons. The molecular formula is C24H24O7. The number of carbonyl (C=O) groups excluding carboxylic acids is 1. The molecule has 0 fully saturated rings. The number of rotatable bonds is 5. The Morgan fingerprint density at radius 2 is 1.87 bits per heavy atom. The normalized spacial score (nSPS) is 14.0. The van der Waals surface area contributed by atoms with Crippen LogP contribution in [0.1, 0.15) is 26.0 Å². The Morgan fingerprint density at radius 1 is 1.10 bits per heavy atom. The lowest BCUT2D eigenvalue weighted by Gasteiger charge is -2.14. The van der Waals surface area contributed by atoms with Crippen LogP contribution in [0.3, 0.4) is 0 Å². The van der Waals surface area contributed by atoms with Crippen LogP contribution in [0.5, 0.6) is 17.2 Å². The van der Waals surface area contributed by atoms with Crippen molar-refractivity contribution in [2.45, 2.75) is 33.3 Å². The van der Waals surface area contributed by atoms with E-state index in [1.807, 2.05) is 18.2 Å². The van der Waals surface area contributed by atoms with Gasteiger partial charge in [0.2, 0.25) is 5.43 Å². The van der Waals surface area contributed by atoms with E-state index in [4.69, 9.17) is 23.4 Å². The van der Waals surface area contributed by atoms with Gasteiger partial charge in [0.1, 0.15) is 17.1 Å². The van der Waals surface area contributed by atoms with Crippen molar-refractivity contribution in [1.29, 1.82) is 0 Å². The Labute approximate surface area is 179 Å². The Bertz CT molecular complexity index is 1180. The maximum atomic E-state index is 13.3. The highest BCUT2D eigenvalue weighted by Crippen LogP contribution is 2.35. The molecule has 1 atom stereocenters. The molecule has 0 amide bonds. The number of fused-ring (bicyclic) bond motifs is 2. The molecule has 4 rings (SSSR count). The number of ether oxygens (including phenoxy) is 4. The molecule has 31 heavy (non-hydrogen) atoms. The van der Waals surface area contributed by atoms with Crippen molar-refractivity contribution in [3.63, 3.8) is 0 Å². The van der Waals surface area contributed by atoms with Gasteiger partial charge in [0, 0.05) is 12.5 Å². The summed E-state index contributed by atoms with van der Waals surface area (Å²) in [5.74, 6) is 1.72. The van der Waals surface area contributed by atoms with Gasteiger partial charge in [0.15, 0.2) is 17.6 Å². The van der Waals surface area contributed by atoms with E-state index >= 15 is 0 Å². The molecule has 0 saturated heterocycles. The number of benzene rings is 2. The van der Waals surface area contributed by atoms with Crippen LogP contribution < -0.4 is 19.6 Å². The van der Waals surface area contributed by atoms with E-state index in [9.17, 15) is 9.59 Å². The zero-order chi connectivity index (χ0) is 22.0. The van der Waals surface area contributed by atoms with Gasteiger partial charge in [-0.1, -0.05) is 6.07 Å². The zero-order valence-electron chi connectivity index (χ0n) is 17.7. The predicted molar refractivity (Wildman–Crippen MR) is 115 cm³/mol. The van der Waals surface area contributed by atoms with Crippen LogP contribution in [0.2, 0.25) is 0 Å². The molecule has 7 nitrogen and oxygen atoms in total. The first kappa shape index (κ1) is 20.8. The first-order valence-electron chi connectivity index (χ1n) is 10.3. The molecule has 1 aromatic heterocycles. The third kappa shape index (κ3) is 4.21. The largest absolute Gasteiger partial charge is 0.490 e. The highest BCUT2D eigenvalue weighted by molar-refractivity contribution is 5.84. The summed E-state index contributed by atoms with van der Waals surface area (Å²) >= 11 is 0. The first-order valence-corrected chi connectivity index (χ1v) is 10.3. The lowest BCUT2D eigenvalue weighted by Crippen LogP contribution is -2.26. The van der Waals surface area contributed by atoms with Crippen LogP contribution in [0.4, 0.5) is 0 Å². The fraction of sp³-hybridized carbons (Fsp3) is 0.333. The van der Waals surface area contributed by atoms with Gasteiger partial charge in [-0.15, -0.1) is 0 Å². The number of esters is 1. The van der Waals surface area contributed by atoms with Gasteiger partial charge < -0.3 is 23.4 Å². The van der Waals surface area contributed by atoms with E-state index in [0.717, 1.165) is 6.42 Å². The van der Waals surface area contributed by atoms with Gasteiger partial charge in [-0.05, 0) is 50.6 Å². The summed E-state index contributed by atoms with van der Waals surface area (Å²) < 4.78 is 28.0. The Kier molecular flexibility index (Phi) is 5.84. The molecule has 0 bridgehead atoms. The summed E-state index contributed by atoms with van der Waals surface area (Å²) in [4.78, 5) is 25.1. The minimum Gasteiger partial charge on any atom is -0.490 e. The summed E-state index contributed by atoms with van der Waals surface area (Å²) in [5, 5.41) is 0.420. The van der Waals surface area contributed by atoms with E-state index in [1.165, 1.54) is 0 Å². The monoisotopic (exact) mass is 424 g/mol. The molecule has 2 aromatic carbocycles. The molecule has 0 unspecified atom stereocenters. The molecule has 1 aliphatic rings. The minimum atomic E-state index is -0.772. The van der Waals surface area contributed by atoms with Crippen molar-refractivity contribution in [2.24, 2.45) is 0 Å². The van der Waals surface area contributed by atoms with Crippen LogP contribution in [0.25, 0.3) is 22.1 Å². The lowest BCUT2D eigenvalue weighted by atomic mass is 10.0. The fourth-order valence-corrected chi connectivity index (χ4v) is 3.52. The third-order valence-electron chi connectivity index (χ3n) is 5.01. The van der Waals surface area contributed by atoms with Gasteiger partial charge in [-0.25, -0.2) is 4.79 Å². The summed E-state index contributed by atoms with van der Waals surface area (Å²) in [6, 6.07) is 10.3. The van der Waals surface area contributed by atoms with Crippen LogP contribution >= 0.6 is 0 Å². The Hall–Kier alpha value is -3.48. The molecule has 0 saturated carbocycles. The van der Waals surface area contributed by atoms with Crippen LogP contribution in [-0.2, 0) is 9.53 Å². The van der Waals surface area contributed by atoms with Gasteiger partial charge >= 0.3 is 5.97 Å². The second-order valence-corrected chi connectivity index (χ2v) is 7.24. The van der Waals surface area contributed by atoms with E-state index in [1.54, 1.807) is 39.0 Å². The van der Waals surface area contributed by atoms with Crippen LogP contribution in [0, 0.1) is 6.92 Å². The summed E-state index contributed by atoms with van der Waals surface area (Å²) in [5.41, 5.74) is 1.40. The minimum absolute atomic E-state index is 0.154. The first-order chi connectivity index (χ1) is 15.0. The molecule has 3 aromatic rings. The summed E-state index contributed by atoms with van der Waals surface area (Å²) in [6.07, 6.45) is 0.0339. The molecule has 0 radical (unpaired) electrons. The predicted octanol–water partition coefficient (Wildman–Crippen LogP) is 4.26. The average molecular weight is 424 g/mol. The lowest BCUT2D eigenvalue weighted by molar-refractivity contribution is -0.150. The molecule has 0 aliphatic carbocycles. The zero-order valence-corrected chi connectivity index (χ0v) is 17.7. The standard InChI is InChI=1S/C24H24O7/c1-4-27-24(26)15(3)30-17-7-8-18-20(13-17)31-14(2)22(23(18)25)16-6-9-19-21(12-16)29-11-5-10-28-19/h6-9,12-13,15H,4-5,10-11H2,1-3H3/t15-/m0/s1. The maximum absolute atomic E-state index is 13.3. The van der Waals surface area contributed by atoms with E-state index < -0.39 is 12.1 Å². The van der Waals surface area contributed by atoms with Crippen molar-refractivity contribution >= 4 is 16.9 Å². The smallest absolute Gasteiger partial charge is 0.347 e. The van der Waals surface area contributed by atoms with E-state index in [0.29, 0.717) is 58.3 Å². The van der Waals surface area contributed by atoms with Crippen molar-refractivity contribution < 1.29 is 28.2 Å². The number of carbonyl (C=O) groups is 1. The van der Waals surface area contributed by atoms with Gasteiger partial charge in [-0.2, -0.15) is 0 Å². The van der Waals surface area contributed by atoms with E-state index in [2.05, 4.69) is 0 Å². The SMILES string of the molecule is CCOC(=O)[C@H](C)Oc1ccc2c(=O)c(-c3ccc4c(c3)OCCCO4)c(C)oc2c1. The molecule has 7 heteroatoms. The number of hydrogen-bond donors (Lipinski definition) is 0.